The Labute approximate surface area is 130 Å². The van der Waals surface area contributed by atoms with Crippen LogP contribution in [0, 0.1) is 5.41 Å². The zero-order valence-corrected chi connectivity index (χ0v) is 13.6. The number of benzene rings is 1. The van der Waals surface area contributed by atoms with Crippen LogP contribution in [0.15, 0.2) is 29.2 Å². The van der Waals surface area contributed by atoms with Crippen molar-refractivity contribution in [2.24, 2.45) is 5.41 Å². The molecule has 0 aliphatic heterocycles. The number of hydrogen-bond donors (Lipinski definition) is 2. The Morgan fingerprint density at radius 2 is 1.81 bits per heavy atom. The maximum absolute atomic E-state index is 12.0. The van der Waals surface area contributed by atoms with Gasteiger partial charge in [-0.25, -0.2) is 0 Å². The fourth-order valence-corrected chi connectivity index (χ4v) is 2.34. The van der Waals surface area contributed by atoms with Gasteiger partial charge in [0, 0.05) is 23.4 Å². The zero-order chi connectivity index (χ0) is 15.9. The van der Waals surface area contributed by atoms with Crippen LogP contribution in [0.2, 0.25) is 0 Å². The van der Waals surface area contributed by atoms with Gasteiger partial charge >= 0.3 is 5.97 Å². The van der Waals surface area contributed by atoms with Gasteiger partial charge in [0.2, 0.25) is 0 Å². The molecule has 21 heavy (non-hydrogen) atoms. The number of aliphatic carboxylic acids is 1. The number of amides is 1. The van der Waals surface area contributed by atoms with Crippen LogP contribution in [-0.4, -0.2) is 29.8 Å². The van der Waals surface area contributed by atoms with Crippen molar-refractivity contribution in [1.29, 1.82) is 0 Å². The number of thioether (sulfide) groups is 1. The average Bonchev–Trinajstić information content (AvgIpc) is 2.45. The predicted molar refractivity (Wildman–Crippen MR) is 85.8 cm³/mol. The highest BCUT2D eigenvalue weighted by Crippen LogP contribution is 2.26. The van der Waals surface area contributed by atoms with Gasteiger partial charge in [-0.15, -0.1) is 11.8 Å². The second-order valence-corrected chi connectivity index (χ2v) is 6.67. The molecule has 1 rings (SSSR count). The highest BCUT2D eigenvalue weighted by Gasteiger charge is 2.19. The van der Waals surface area contributed by atoms with E-state index in [0.29, 0.717) is 18.5 Å². The fourth-order valence-electron chi connectivity index (χ4n) is 1.93. The van der Waals surface area contributed by atoms with Gasteiger partial charge in [0.1, 0.15) is 0 Å². The van der Waals surface area contributed by atoms with Gasteiger partial charge in [0.05, 0.1) is 0 Å². The van der Waals surface area contributed by atoms with Gasteiger partial charge in [-0.05, 0) is 48.8 Å². The van der Waals surface area contributed by atoms with Gasteiger partial charge in [-0.2, -0.15) is 0 Å². The number of carboxylic acid groups (broad SMARTS) is 1. The van der Waals surface area contributed by atoms with Gasteiger partial charge in [-0.3, -0.25) is 9.59 Å². The Morgan fingerprint density at radius 3 is 2.33 bits per heavy atom. The molecule has 0 heterocycles. The van der Waals surface area contributed by atoms with Crippen LogP contribution in [0.5, 0.6) is 0 Å². The van der Waals surface area contributed by atoms with Crippen LogP contribution in [-0.2, 0) is 4.79 Å². The Morgan fingerprint density at radius 1 is 1.19 bits per heavy atom. The summed E-state index contributed by atoms with van der Waals surface area (Å²) in [7, 11) is 0. The van der Waals surface area contributed by atoms with Gasteiger partial charge < -0.3 is 10.4 Å². The van der Waals surface area contributed by atoms with Crippen LogP contribution >= 0.6 is 11.8 Å². The van der Waals surface area contributed by atoms with E-state index in [0.717, 1.165) is 11.3 Å². The highest BCUT2D eigenvalue weighted by atomic mass is 32.2. The summed E-state index contributed by atoms with van der Waals surface area (Å²) in [5.41, 5.74) is 0.560. The van der Waals surface area contributed by atoms with E-state index in [2.05, 4.69) is 5.32 Å². The summed E-state index contributed by atoms with van der Waals surface area (Å²) < 4.78 is 0. The smallest absolute Gasteiger partial charge is 0.303 e. The third-order valence-corrected chi connectivity index (χ3v) is 4.20. The lowest BCUT2D eigenvalue weighted by molar-refractivity contribution is -0.137. The molecule has 1 amide bonds. The van der Waals surface area contributed by atoms with Gasteiger partial charge in [0.15, 0.2) is 0 Å². The van der Waals surface area contributed by atoms with E-state index in [1.807, 2.05) is 44.4 Å². The Hall–Kier alpha value is -1.49. The molecular formula is C16H23NO3S. The topological polar surface area (TPSA) is 66.4 Å². The van der Waals surface area contributed by atoms with Crippen molar-refractivity contribution >= 4 is 23.6 Å². The lowest BCUT2D eigenvalue weighted by Gasteiger charge is -2.23. The normalized spacial score (nSPS) is 11.2. The molecular weight excluding hydrogens is 286 g/mol. The first-order valence-electron chi connectivity index (χ1n) is 6.98. The van der Waals surface area contributed by atoms with E-state index >= 15 is 0 Å². The molecule has 2 N–H and O–H groups in total. The van der Waals surface area contributed by atoms with Crippen molar-refractivity contribution in [2.75, 3.05) is 12.8 Å². The average molecular weight is 309 g/mol. The molecule has 0 aliphatic rings. The lowest BCUT2D eigenvalue weighted by atomic mass is 9.84. The minimum Gasteiger partial charge on any atom is -0.481 e. The molecule has 0 fully saturated rings. The molecule has 0 bridgehead atoms. The molecule has 0 aliphatic carbocycles. The van der Waals surface area contributed by atoms with E-state index in [1.54, 1.807) is 11.8 Å². The number of carboxylic acids is 1. The molecule has 0 spiro atoms. The number of hydrogen-bond acceptors (Lipinski definition) is 3. The minimum atomic E-state index is -0.777. The van der Waals surface area contributed by atoms with E-state index < -0.39 is 5.97 Å². The van der Waals surface area contributed by atoms with E-state index in [4.69, 9.17) is 5.11 Å². The summed E-state index contributed by atoms with van der Waals surface area (Å²) in [6.45, 7) is 4.60. The van der Waals surface area contributed by atoms with Crippen molar-refractivity contribution in [2.45, 2.75) is 38.0 Å². The molecule has 0 aromatic heterocycles. The van der Waals surface area contributed by atoms with E-state index in [9.17, 15) is 9.59 Å². The minimum absolute atomic E-state index is 0.0864. The Bertz CT molecular complexity index is 483. The van der Waals surface area contributed by atoms with Crippen LogP contribution in [0.3, 0.4) is 0 Å². The van der Waals surface area contributed by atoms with Crippen molar-refractivity contribution in [3.8, 4) is 0 Å². The van der Waals surface area contributed by atoms with Crippen molar-refractivity contribution in [1.82, 2.24) is 5.32 Å². The first-order valence-corrected chi connectivity index (χ1v) is 8.20. The monoisotopic (exact) mass is 309 g/mol. The second-order valence-electron chi connectivity index (χ2n) is 5.79. The third-order valence-electron chi connectivity index (χ3n) is 3.46. The quantitative estimate of drug-likeness (QED) is 0.722. The molecule has 0 unspecified atom stereocenters. The van der Waals surface area contributed by atoms with Crippen molar-refractivity contribution < 1.29 is 14.7 Å². The summed E-state index contributed by atoms with van der Waals surface area (Å²) in [4.78, 5) is 23.7. The Balaban J connectivity index is 2.40. The molecule has 1 aromatic rings. The van der Waals surface area contributed by atoms with Crippen molar-refractivity contribution in [3.05, 3.63) is 29.8 Å². The Kier molecular flexibility index (Phi) is 6.75. The van der Waals surface area contributed by atoms with Crippen molar-refractivity contribution in [3.63, 3.8) is 0 Å². The summed E-state index contributed by atoms with van der Waals surface area (Å²) in [6.07, 6.45) is 3.53. The summed E-state index contributed by atoms with van der Waals surface area (Å²) in [6, 6.07) is 7.49. The summed E-state index contributed by atoms with van der Waals surface area (Å²) in [5, 5.41) is 11.6. The van der Waals surface area contributed by atoms with Gasteiger partial charge in [0.25, 0.3) is 5.91 Å². The predicted octanol–water partition coefficient (Wildman–Crippen LogP) is 3.42. The molecule has 0 atom stereocenters. The number of carbonyl (C=O) groups excluding carboxylic acids is 1. The van der Waals surface area contributed by atoms with Gasteiger partial charge in [-0.1, -0.05) is 13.8 Å². The first-order chi connectivity index (χ1) is 9.84. The molecule has 0 saturated carbocycles. The maximum Gasteiger partial charge on any atom is 0.303 e. The van der Waals surface area contributed by atoms with Crippen LogP contribution in [0.1, 0.15) is 43.5 Å². The lowest BCUT2D eigenvalue weighted by Crippen LogP contribution is -2.28. The van der Waals surface area contributed by atoms with Crippen LogP contribution in [0.4, 0.5) is 0 Å². The fraction of sp³-hybridized carbons (Fsp3) is 0.500. The van der Waals surface area contributed by atoms with Crippen LogP contribution < -0.4 is 5.32 Å². The maximum atomic E-state index is 12.0. The summed E-state index contributed by atoms with van der Waals surface area (Å²) >= 11 is 1.64. The molecule has 0 saturated heterocycles. The molecule has 0 radical (unpaired) electrons. The standard InChI is InChI=1S/C16H23NO3S/c1-16(2,9-8-14(18)19)10-11-17-15(20)12-4-6-13(21-3)7-5-12/h4-7H,8-11H2,1-3H3,(H,17,20)(H,18,19). The van der Waals surface area contributed by atoms with Crippen LogP contribution in [0.25, 0.3) is 0 Å². The second kappa shape index (κ2) is 8.08. The SMILES string of the molecule is CSc1ccc(C(=O)NCCC(C)(C)CCC(=O)O)cc1. The highest BCUT2D eigenvalue weighted by molar-refractivity contribution is 7.98. The number of carbonyl (C=O) groups is 2. The molecule has 4 nitrogen and oxygen atoms in total. The number of rotatable bonds is 8. The molecule has 5 heteroatoms. The largest absolute Gasteiger partial charge is 0.481 e. The third kappa shape index (κ3) is 6.67. The summed E-state index contributed by atoms with van der Waals surface area (Å²) in [5.74, 6) is -0.863. The number of nitrogens with one attached hydrogen (secondary N) is 1. The van der Waals surface area contributed by atoms with E-state index in [1.165, 1.54) is 0 Å². The van der Waals surface area contributed by atoms with E-state index in [-0.39, 0.29) is 17.7 Å². The molecule has 1 aromatic carbocycles. The first kappa shape index (κ1) is 17.6. The zero-order valence-electron chi connectivity index (χ0n) is 12.8. The molecule has 116 valence electrons.